The van der Waals surface area contributed by atoms with Crippen molar-refractivity contribution in [3.63, 3.8) is 0 Å². The Morgan fingerprint density at radius 3 is 2.55 bits per heavy atom. The van der Waals surface area contributed by atoms with Crippen LogP contribution in [-0.4, -0.2) is 15.7 Å². The number of para-hydroxylation sites is 1. The van der Waals surface area contributed by atoms with Crippen molar-refractivity contribution in [3.8, 4) is 0 Å². The highest BCUT2D eigenvalue weighted by atomic mass is 35.5. The zero-order valence-electron chi connectivity index (χ0n) is 15.2. The fourth-order valence-electron chi connectivity index (χ4n) is 3.12. The van der Waals surface area contributed by atoms with E-state index in [1.54, 1.807) is 22.9 Å². The molecule has 0 aliphatic carbocycles. The van der Waals surface area contributed by atoms with E-state index in [1.807, 2.05) is 30.3 Å². The average molecular weight is 412 g/mol. The summed E-state index contributed by atoms with van der Waals surface area (Å²) < 4.78 is 28.9. The highest BCUT2D eigenvalue weighted by molar-refractivity contribution is 6.30. The Kier molecular flexibility index (Phi) is 5.27. The van der Waals surface area contributed by atoms with E-state index in [0.717, 1.165) is 17.1 Å². The number of rotatable bonds is 5. The molecule has 0 saturated carbocycles. The lowest BCUT2D eigenvalue weighted by molar-refractivity contribution is 0.0946. The van der Waals surface area contributed by atoms with Gasteiger partial charge < -0.3 is 5.32 Å². The molecule has 3 aromatic carbocycles. The molecule has 4 aromatic rings. The van der Waals surface area contributed by atoms with E-state index in [0.29, 0.717) is 17.0 Å². The second kappa shape index (κ2) is 8.01. The van der Waals surface area contributed by atoms with Gasteiger partial charge in [0.2, 0.25) is 0 Å². The number of amides is 1. The van der Waals surface area contributed by atoms with Crippen LogP contribution < -0.4 is 5.32 Å². The van der Waals surface area contributed by atoms with E-state index < -0.39 is 17.5 Å². The zero-order valence-corrected chi connectivity index (χ0v) is 16.0. The topological polar surface area (TPSA) is 46.9 Å². The van der Waals surface area contributed by atoms with Crippen molar-refractivity contribution in [1.29, 1.82) is 0 Å². The molecule has 1 aromatic heterocycles. The van der Waals surface area contributed by atoms with Crippen LogP contribution >= 0.6 is 11.6 Å². The number of halogens is 3. The Balaban J connectivity index is 1.60. The number of hydrogen-bond acceptors (Lipinski definition) is 2. The molecule has 0 fully saturated rings. The van der Waals surface area contributed by atoms with E-state index in [2.05, 4.69) is 10.4 Å². The number of aromatic nitrogens is 2. The molecule has 1 heterocycles. The summed E-state index contributed by atoms with van der Waals surface area (Å²) >= 11 is 5.94. The van der Waals surface area contributed by atoms with Gasteiger partial charge in [-0.2, -0.15) is 5.10 Å². The fraction of sp³-hybridized carbons (Fsp3) is 0.0909. The third-order valence-electron chi connectivity index (χ3n) is 4.59. The van der Waals surface area contributed by atoms with Gasteiger partial charge in [-0.05, 0) is 29.8 Å². The highest BCUT2D eigenvalue weighted by Gasteiger charge is 2.18. The number of benzene rings is 3. The van der Waals surface area contributed by atoms with Crippen LogP contribution in [-0.2, 0) is 13.1 Å². The summed E-state index contributed by atoms with van der Waals surface area (Å²) in [5.74, 6) is -2.37. The van der Waals surface area contributed by atoms with Crippen LogP contribution in [0.1, 0.15) is 21.6 Å². The summed E-state index contributed by atoms with van der Waals surface area (Å²) in [4.78, 5) is 12.7. The summed E-state index contributed by atoms with van der Waals surface area (Å²) in [6, 6.07) is 18.6. The van der Waals surface area contributed by atoms with Crippen molar-refractivity contribution in [3.05, 3.63) is 100 Å². The van der Waals surface area contributed by atoms with Gasteiger partial charge in [-0.15, -0.1) is 0 Å². The SMILES string of the molecule is O=C(NCc1cccc(F)c1F)c1nn(Cc2ccc(Cl)cc2)c2ccccc12. The second-order valence-corrected chi connectivity index (χ2v) is 6.98. The molecule has 0 atom stereocenters. The van der Waals surface area contributed by atoms with Gasteiger partial charge in [0.05, 0.1) is 12.1 Å². The zero-order chi connectivity index (χ0) is 20.4. The van der Waals surface area contributed by atoms with Crippen molar-refractivity contribution in [2.75, 3.05) is 0 Å². The van der Waals surface area contributed by atoms with Crippen LogP contribution in [0.25, 0.3) is 10.9 Å². The maximum Gasteiger partial charge on any atom is 0.272 e. The van der Waals surface area contributed by atoms with Crippen LogP contribution in [0, 0.1) is 11.6 Å². The summed E-state index contributed by atoms with van der Waals surface area (Å²) in [5, 5.41) is 8.41. The summed E-state index contributed by atoms with van der Waals surface area (Å²) in [6.45, 7) is 0.324. The first kappa shape index (κ1) is 19.1. The minimum absolute atomic E-state index is 0.0725. The van der Waals surface area contributed by atoms with Gasteiger partial charge in [-0.25, -0.2) is 8.78 Å². The molecule has 7 heteroatoms. The number of fused-ring (bicyclic) bond motifs is 1. The lowest BCUT2D eigenvalue weighted by Gasteiger charge is -2.06. The van der Waals surface area contributed by atoms with Gasteiger partial charge >= 0.3 is 0 Å². The molecule has 1 amide bonds. The quantitative estimate of drug-likeness (QED) is 0.505. The standard InChI is InChI=1S/C22H16ClF2N3O/c23-16-10-8-14(9-11-16)13-28-19-7-2-1-5-17(19)21(27-28)22(29)26-12-15-4-3-6-18(24)20(15)25/h1-11H,12-13H2,(H,26,29). The monoisotopic (exact) mass is 411 g/mol. The number of carbonyl (C=O) groups is 1. The van der Waals surface area contributed by atoms with Crippen LogP contribution in [0.5, 0.6) is 0 Å². The number of nitrogens with one attached hydrogen (secondary N) is 1. The van der Waals surface area contributed by atoms with Gasteiger partial charge in [-0.3, -0.25) is 9.48 Å². The third kappa shape index (κ3) is 3.98. The molecule has 0 unspecified atom stereocenters. The Morgan fingerprint density at radius 1 is 1.00 bits per heavy atom. The van der Waals surface area contributed by atoms with Crippen LogP contribution in [0.2, 0.25) is 5.02 Å². The molecule has 0 aliphatic rings. The number of hydrogen-bond donors (Lipinski definition) is 1. The lowest BCUT2D eigenvalue weighted by atomic mass is 10.1. The summed E-state index contributed by atoms with van der Waals surface area (Å²) in [6.07, 6.45) is 0. The van der Waals surface area contributed by atoms with E-state index in [1.165, 1.54) is 12.1 Å². The molecule has 0 spiro atoms. The summed E-state index contributed by atoms with van der Waals surface area (Å²) in [5.41, 5.74) is 2.08. The molecule has 4 nitrogen and oxygen atoms in total. The summed E-state index contributed by atoms with van der Waals surface area (Å²) in [7, 11) is 0. The van der Waals surface area contributed by atoms with E-state index in [4.69, 9.17) is 11.6 Å². The Bertz CT molecular complexity index is 1190. The smallest absolute Gasteiger partial charge is 0.272 e. The Morgan fingerprint density at radius 2 is 1.76 bits per heavy atom. The van der Waals surface area contributed by atoms with Crippen LogP contribution in [0.15, 0.2) is 66.7 Å². The first-order valence-electron chi connectivity index (χ1n) is 8.94. The maximum atomic E-state index is 13.8. The van der Waals surface area contributed by atoms with Crippen molar-refractivity contribution < 1.29 is 13.6 Å². The minimum Gasteiger partial charge on any atom is -0.346 e. The molecule has 0 aliphatic heterocycles. The van der Waals surface area contributed by atoms with Crippen molar-refractivity contribution in [1.82, 2.24) is 15.1 Å². The molecule has 4 rings (SSSR count). The molecule has 146 valence electrons. The van der Waals surface area contributed by atoms with Crippen LogP contribution in [0.4, 0.5) is 8.78 Å². The Hall–Kier alpha value is -3.25. The molecule has 0 bridgehead atoms. The molecule has 0 saturated heterocycles. The van der Waals surface area contributed by atoms with Crippen LogP contribution in [0.3, 0.4) is 0 Å². The van der Waals surface area contributed by atoms with Crippen molar-refractivity contribution in [2.24, 2.45) is 0 Å². The second-order valence-electron chi connectivity index (χ2n) is 6.55. The molecular formula is C22H16ClF2N3O. The first-order chi connectivity index (χ1) is 14.0. The van der Waals surface area contributed by atoms with Gasteiger partial charge in [0, 0.05) is 22.5 Å². The van der Waals surface area contributed by atoms with Gasteiger partial charge in [0.15, 0.2) is 17.3 Å². The highest BCUT2D eigenvalue weighted by Crippen LogP contribution is 2.21. The van der Waals surface area contributed by atoms with E-state index in [-0.39, 0.29) is 17.8 Å². The normalized spacial score (nSPS) is 11.0. The molecule has 29 heavy (non-hydrogen) atoms. The number of carbonyl (C=O) groups excluding carboxylic acids is 1. The van der Waals surface area contributed by atoms with E-state index >= 15 is 0 Å². The molecule has 1 N–H and O–H groups in total. The lowest BCUT2D eigenvalue weighted by Crippen LogP contribution is -2.24. The molecular weight excluding hydrogens is 396 g/mol. The van der Waals surface area contributed by atoms with E-state index in [9.17, 15) is 13.6 Å². The Labute approximate surface area is 170 Å². The maximum absolute atomic E-state index is 13.8. The molecule has 0 radical (unpaired) electrons. The van der Waals surface area contributed by atoms with Crippen molar-refractivity contribution in [2.45, 2.75) is 13.1 Å². The average Bonchev–Trinajstić information content (AvgIpc) is 3.09. The fourth-order valence-corrected chi connectivity index (χ4v) is 3.25. The van der Waals surface area contributed by atoms with Gasteiger partial charge in [-0.1, -0.05) is 54.1 Å². The first-order valence-corrected chi connectivity index (χ1v) is 9.32. The van der Waals surface area contributed by atoms with Crippen molar-refractivity contribution >= 4 is 28.4 Å². The number of nitrogens with zero attached hydrogens (tertiary/aromatic N) is 2. The minimum atomic E-state index is -0.967. The predicted octanol–water partition coefficient (Wildman–Crippen LogP) is 4.95. The third-order valence-corrected chi connectivity index (χ3v) is 4.84. The van der Waals surface area contributed by atoms with Gasteiger partial charge in [0.25, 0.3) is 5.91 Å². The predicted molar refractivity (Wildman–Crippen MR) is 108 cm³/mol. The van der Waals surface area contributed by atoms with Gasteiger partial charge in [0.1, 0.15) is 0 Å². The largest absolute Gasteiger partial charge is 0.346 e.